The van der Waals surface area contributed by atoms with Gasteiger partial charge in [0.25, 0.3) is 0 Å². The van der Waals surface area contributed by atoms with Crippen LogP contribution in [0.5, 0.6) is 11.5 Å². The van der Waals surface area contributed by atoms with E-state index < -0.39 is 5.91 Å². The molecule has 4 aromatic rings. The van der Waals surface area contributed by atoms with Crippen LogP contribution in [0.1, 0.15) is 5.56 Å². The average Bonchev–Trinajstić information content (AvgIpc) is 3.39. The van der Waals surface area contributed by atoms with Crippen molar-refractivity contribution in [2.24, 2.45) is 0 Å². The fourth-order valence-electron chi connectivity index (χ4n) is 4.11. The Morgan fingerprint density at radius 3 is 2.35 bits per heavy atom. The number of benzene rings is 3. The summed E-state index contributed by atoms with van der Waals surface area (Å²) in [5.74, 6) is 0.803. The standard InChI is InChI=1S/C30H31ClN4O5/c1-38-16-15-34(29(37)17-21-7-5-4-6-8-21)20-28(36)33-30-32-25(22-9-11-23(31)12-10-22)19-35(30)24-13-14-26(39-2)27(18-24)40-3/h4-14,18-19H,15-17,20H2,1-3H3,(H,32,33,36). The van der Waals surface area contributed by atoms with Gasteiger partial charge in [0.15, 0.2) is 11.5 Å². The van der Waals surface area contributed by atoms with Crippen molar-refractivity contribution in [2.75, 3.05) is 46.3 Å². The van der Waals surface area contributed by atoms with Crippen molar-refractivity contribution < 1.29 is 23.8 Å². The maximum atomic E-state index is 13.3. The van der Waals surface area contributed by atoms with E-state index in [0.29, 0.717) is 34.5 Å². The normalized spacial score (nSPS) is 10.7. The summed E-state index contributed by atoms with van der Waals surface area (Å²) < 4.78 is 17.8. The number of hydrogen-bond donors (Lipinski definition) is 1. The summed E-state index contributed by atoms with van der Waals surface area (Å²) in [4.78, 5) is 32.5. The third-order valence-corrected chi connectivity index (χ3v) is 6.45. The minimum Gasteiger partial charge on any atom is -0.493 e. The molecule has 40 heavy (non-hydrogen) atoms. The molecule has 10 heteroatoms. The van der Waals surface area contributed by atoms with Crippen LogP contribution >= 0.6 is 11.6 Å². The van der Waals surface area contributed by atoms with E-state index in [2.05, 4.69) is 5.32 Å². The van der Waals surface area contributed by atoms with Crippen molar-refractivity contribution in [3.63, 3.8) is 0 Å². The predicted molar refractivity (Wildman–Crippen MR) is 154 cm³/mol. The highest BCUT2D eigenvalue weighted by atomic mass is 35.5. The zero-order chi connectivity index (χ0) is 28.5. The molecular formula is C30H31ClN4O5. The van der Waals surface area contributed by atoms with Gasteiger partial charge in [0.1, 0.15) is 6.54 Å². The van der Waals surface area contributed by atoms with Gasteiger partial charge in [-0.25, -0.2) is 4.98 Å². The smallest absolute Gasteiger partial charge is 0.246 e. The molecule has 0 saturated heterocycles. The van der Waals surface area contributed by atoms with Crippen molar-refractivity contribution in [3.05, 3.63) is 89.6 Å². The number of amides is 2. The Morgan fingerprint density at radius 2 is 1.68 bits per heavy atom. The second kappa shape index (κ2) is 13.6. The Bertz CT molecular complexity index is 1440. The molecule has 0 aliphatic carbocycles. The number of carbonyl (C=O) groups is 2. The van der Waals surface area contributed by atoms with Gasteiger partial charge in [-0.2, -0.15) is 0 Å². The van der Waals surface area contributed by atoms with Crippen molar-refractivity contribution in [1.29, 1.82) is 0 Å². The third-order valence-electron chi connectivity index (χ3n) is 6.19. The van der Waals surface area contributed by atoms with Gasteiger partial charge in [0.2, 0.25) is 17.8 Å². The number of nitrogens with zero attached hydrogens (tertiary/aromatic N) is 3. The van der Waals surface area contributed by atoms with Gasteiger partial charge in [-0.15, -0.1) is 0 Å². The van der Waals surface area contributed by atoms with E-state index >= 15 is 0 Å². The summed E-state index contributed by atoms with van der Waals surface area (Å²) >= 11 is 6.07. The van der Waals surface area contributed by atoms with Crippen molar-refractivity contribution in [3.8, 4) is 28.4 Å². The number of hydrogen-bond acceptors (Lipinski definition) is 6. The summed E-state index contributed by atoms with van der Waals surface area (Å²) in [6.45, 7) is 0.411. The zero-order valence-corrected chi connectivity index (χ0v) is 23.4. The minimum atomic E-state index is -0.396. The maximum absolute atomic E-state index is 13.3. The second-order valence-electron chi connectivity index (χ2n) is 8.88. The number of nitrogens with one attached hydrogen (secondary N) is 1. The summed E-state index contributed by atoms with van der Waals surface area (Å²) in [5, 5.41) is 3.49. The van der Waals surface area contributed by atoms with E-state index in [1.54, 1.807) is 50.2 Å². The number of aromatic nitrogens is 2. The summed E-state index contributed by atoms with van der Waals surface area (Å²) in [6, 6.07) is 22.0. The van der Waals surface area contributed by atoms with Crippen LogP contribution < -0.4 is 14.8 Å². The molecule has 0 bridgehead atoms. The van der Waals surface area contributed by atoms with Crippen LogP contribution in [0.15, 0.2) is 79.0 Å². The first-order valence-electron chi connectivity index (χ1n) is 12.6. The molecule has 1 aromatic heterocycles. The second-order valence-corrected chi connectivity index (χ2v) is 9.32. The number of carbonyl (C=O) groups excluding carboxylic acids is 2. The van der Waals surface area contributed by atoms with Crippen molar-refractivity contribution >= 4 is 29.4 Å². The van der Waals surface area contributed by atoms with E-state index in [1.807, 2.05) is 54.7 Å². The molecular weight excluding hydrogens is 532 g/mol. The van der Waals surface area contributed by atoms with Gasteiger partial charge >= 0.3 is 0 Å². The number of halogens is 1. The Kier molecular flexibility index (Phi) is 9.77. The minimum absolute atomic E-state index is 0.163. The van der Waals surface area contributed by atoms with Crippen LogP contribution in [0, 0.1) is 0 Å². The van der Waals surface area contributed by atoms with Gasteiger partial charge in [-0.05, 0) is 29.8 Å². The van der Waals surface area contributed by atoms with Gasteiger partial charge < -0.3 is 19.1 Å². The van der Waals surface area contributed by atoms with Crippen LogP contribution in [-0.4, -0.2) is 67.3 Å². The van der Waals surface area contributed by atoms with Crippen LogP contribution in [0.3, 0.4) is 0 Å². The fraction of sp³-hybridized carbons (Fsp3) is 0.233. The number of ether oxygens (including phenoxy) is 3. The summed E-state index contributed by atoms with van der Waals surface area (Å²) in [5.41, 5.74) is 3.00. The Morgan fingerprint density at radius 1 is 0.950 bits per heavy atom. The first-order chi connectivity index (χ1) is 19.4. The summed E-state index contributed by atoms with van der Waals surface area (Å²) in [6.07, 6.45) is 1.99. The molecule has 0 aliphatic heterocycles. The quantitative estimate of drug-likeness (QED) is 0.265. The summed E-state index contributed by atoms with van der Waals surface area (Å²) in [7, 11) is 4.67. The van der Waals surface area contributed by atoms with Crippen LogP contribution in [0.4, 0.5) is 5.95 Å². The van der Waals surface area contributed by atoms with Crippen LogP contribution in [0.25, 0.3) is 16.9 Å². The van der Waals surface area contributed by atoms with E-state index in [1.165, 1.54) is 4.90 Å². The maximum Gasteiger partial charge on any atom is 0.246 e. The van der Waals surface area contributed by atoms with Crippen LogP contribution in [-0.2, 0) is 20.7 Å². The molecule has 2 amide bonds. The van der Waals surface area contributed by atoms with Crippen molar-refractivity contribution in [1.82, 2.24) is 14.5 Å². The molecule has 208 valence electrons. The molecule has 9 nitrogen and oxygen atoms in total. The number of rotatable bonds is 12. The van der Waals surface area contributed by atoms with E-state index in [0.717, 1.165) is 11.1 Å². The zero-order valence-electron chi connectivity index (χ0n) is 22.6. The molecule has 1 N–H and O–H groups in total. The molecule has 0 aliphatic rings. The SMILES string of the molecule is COCCN(CC(=O)Nc1nc(-c2ccc(Cl)cc2)cn1-c1ccc(OC)c(OC)c1)C(=O)Cc1ccccc1. The molecule has 4 rings (SSSR count). The highest BCUT2D eigenvalue weighted by Crippen LogP contribution is 2.32. The lowest BCUT2D eigenvalue weighted by molar-refractivity contribution is -0.134. The van der Waals surface area contributed by atoms with Gasteiger partial charge in [-0.1, -0.05) is 54.1 Å². The number of imidazole rings is 1. The highest BCUT2D eigenvalue weighted by Gasteiger charge is 2.20. The monoisotopic (exact) mass is 562 g/mol. The van der Waals surface area contributed by atoms with Gasteiger partial charge in [0, 0.05) is 36.5 Å². The lowest BCUT2D eigenvalue weighted by Crippen LogP contribution is -2.41. The highest BCUT2D eigenvalue weighted by molar-refractivity contribution is 6.30. The Labute approximate surface area is 238 Å². The van der Waals surface area contributed by atoms with E-state index in [4.69, 9.17) is 30.8 Å². The van der Waals surface area contributed by atoms with Crippen LogP contribution in [0.2, 0.25) is 5.02 Å². The molecule has 0 spiro atoms. The lowest BCUT2D eigenvalue weighted by atomic mass is 10.1. The molecule has 3 aromatic carbocycles. The molecule has 0 fully saturated rings. The first kappa shape index (κ1) is 28.7. The first-order valence-corrected chi connectivity index (χ1v) is 13.0. The van der Waals surface area contributed by atoms with Gasteiger partial charge in [0.05, 0.1) is 38.6 Å². The Hall–Kier alpha value is -4.34. The lowest BCUT2D eigenvalue weighted by Gasteiger charge is -2.22. The van der Waals surface area contributed by atoms with E-state index in [-0.39, 0.29) is 31.4 Å². The largest absolute Gasteiger partial charge is 0.493 e. The number of anilines is 1. The molecule has 1 heterocycles. The topological polar surface area (TPSA) is 94.9 Å². The average molecular weight is 563 g/mol. The molecule has 0 unspecified atom stereocenters. The van der Waals surface area contributed by atoms with Gasteiger partial charge in [-0.3, -0.25) is 19.5 Å². The van der Waals surface area contributed by atoms with Crippen molar-refractivity contribution in [2.45, 2.75) is 6.42 Å². The molecule has 0 saturated carbocycles. The fourth-order valence-corrected chi connectivity index (χ4v) is 4.24. The number of methoxy groups -OCH3 is 3. The van der Waals surface area contributed by atoms with E-state index in [9.17, 15) is 9.59 Å². The molecule has 0 atom stereocenters. The predicted octanol–water partition coefficient (Wildman–Crippen LogP) is 4.87. The molecule has 0 radical (unpaired) electrons. The third kappa shape index (κ3) is 7.19. The Balaban J connectivity index is 1.61.